The highest BCUT2D eigenvalue weighted by Gasteiger charge is 2.51. The van der Waals surface area contributed by atoms with Crippen LogP contribution < -0.4 is 4.90 Å². The summed E-state index contributed by atoms with van der Waals surface area (Å²) < 4.78 is 0. The summed E-state index contributed by atoms with van der Waals surface area (Å²) >= 11 is 0. The molecule has 0 saturated heterocycles. The maximum absolute atomic E-state index is 11.8. The normalized spacial score (nSPS) is 12.9. The van der Waals surface area contributed by atoms with Gasteiger partial charge in [-0.25, -0.2) is 0 Å². The van der Waals surface area contributed by atoms with E-state index in [9.17, 15) is 15.3 Å². The first-order valence-electron chi connectivity index (χ1n) is 19.4. The molecule has 8 aromatic rings. The van der Waals surface area contributed by atoms with Gasteiger partial charge in [-0.3, -0.25) is 0 Å². The Balaban J connectivity index is 1.19. The Morgan fingerprint density at radius 1 is 0.368 bits per heavy atom. The number of nitrogens with zero attached hydrogens (tertiary/aromatic N) is 1. The number of hydrogen-bond donors (Lipinski definition) is 3. The van der Waals surface area contributed by atoms with Crippen LogP contribution in [0.4, 0.5) is 17.1 Å². The molecule has 4 heteroatoms. The second-order valence-electron chi connectivity index (χ2n) is 15.5. The fraction of sp³-hybridized carbons (Fsp3) is 0.0943. The van der Waals surface area contributed by atoms with E-state index in [2.05, 4.69) is 159 Å². The number of aryl methyl sites for hydroxylation is 2. The number of hydrogen-bond acceptors (Lipinski definition) is 4. The lowest BCUT2D eigenvalue weighted by Gasteiger charge is -2.33. The summed E-state index contributed by atoms with van der Waals surface area (Å²) in [6, 6.07) is 55.9. The summed E-state index contributed by atoms with van der Waals surface area (Å²) in [6.07, 6.45) is 0. The maximum atomic E-state index is 11.8. The first-order chi connectivity index (χ1) is 27.7. The molecule has 8 aromatic carbocycles. The Kier molecular flexibility index (Phi) is 7.71. The highest BCUT2D eigenvalue weighted by Crippen LogP contribution is 2.63. The highest BCUT2D eigenvalue weighted by molar-refractivity contribution is 5.97. The number of rotatable bonds is 5. The van der Waals surface area contributed by atoms with Gasteiger partial charge in [0.25, 0.3) is 0 Å². The number of phenols is 3. The van der Waals surface area contributed by atoms with E-state index in [1.165, 1.54) is 55.6 Å². The molecule has 0 fully saturated rings. The van der Waals surface area contributed by atoms with E-state index in [1.54, 1.807) is 13.8 Å². The van der Waals surface area contributed by atoms with E-state index < -0.39 is 5.41 Å². The van der Waals surface area contributed by atoms with Crippen LogP contribution in [0.1, 0.15) is 44.5 Å². The van der Waals surface area contributed by atoms with E-state index in [1.807, 2.05) is 17.0 Å². The molecule has 4 nitrogen and oxygen atoms in total. The molecule has 10 rings (SSSR count). The Labute approximate surface area is 333 Å². The molecule has 0 bridgehead atoms. The summed E-state index contributed by atoms with van der Waals surface area (Å²) in [5, 5.41) is 34.6. The molecule has 0 unspecified atom stereocenters. The molecule has 1 spiro atoms. The van der Waals surface area contributed by atoms with Gasteiger partial charge in [0.1, 0.15) is 22.9 Å². The smallest absolute Gasteiger partial charge is 0.150 e. The van der Waals surface area contributed by atoms with Crippen LogP contribution in [-0.4, -0.2) is 15.3 Å². The standard InChI is InChI=1S/C53H41NO3/c1-31-13-5-6-14-39(31)44-29-36(22-21-32(44)2)35-23-25-37(26-24-35)54(49-51(56)33(3)50(55)34(4)52(49)57)38-27-28-43-42-17-9-12-20-47(42)53(48(43)30-38)45-18-10-7-15-40(45)41-16-8-11-19-46(41)53/h5-30,55-57H,1-4H3. The number of benzene rings is 8. The predicted octanol–water partition coefficient (Wildman–Crippen LogP) is 13.2. The first-order valence-corrected chi connectivity index (χ1v) is 19.4. The van der Waals surface area contributed by atoms with Crippen molar-refractivity contribution in [1.82, 2.24) is 0 Å². The first kappa shape index (κ1) is 34.5. The van der Waals surface area contributed by atoms with Crippen LogP contribution in [0.25, 0.3) is 44.5 Å². The lowest BCUT2D eigenvalue weighted by Crippen LogP contribution is -2.26. The Hall–Kier alpha value is -7.04. The largest absolute Gasteiger partial charge is 0.507 e. The van der Waals surface area contributed by atoms with Crippen LogP contribution in [0.3, 0.4) is 0 Å². The monoisotopic (exact) mass is 739 g/mol. The molecule has 0 saturated carbocycles. The molecule has 0 aliphatic heterocycles. The summed E-state index contributed by atoms with van der Waals surface area (Å²) in [5.74, 6) is -0.498. The third-order valence-corrected chi connectivity index (χ3v) is 12.5. The Morgan fingerprint density at radius 2 is 0.825 bits per heavy atom. The Bertz CT molecular complexity index is 2850. The van der Waals surface area contributed by atoms with E-state index in [4.69, 9.17) is 0 Å². The van der Waals surface area contributed by atoms with E-state index >= 15 is 0 Å². The highest BCUT2D eigenvalue weighted by atomic mass is 16.3. The quantitative estimate of drug-likeness (QED) is 0.164. The van der Waals surface area contributed by atoms with Gasteiger partial charge in [0.2, 0.25) is 0 Å². The number of aromatic hydroxyl groups is 3. The van der Waals surface area contributed by atoms with Crippen LogP contribution in [-0.2, 0) is 5.41 Å². The van der Waals surface area contributed by atoms with Crippen LogP contribution in [0.2, 0.25) is 0 Å². The average Bonchev–Trinajstić information content (AvgIpc) is 3.71. The van der Waals surface area contributed by atoms with Crippen molar-refractivity contribution in [2.45, 2.75) is 33.1 Å². The second kappa shape index (κ2) is 12.8. The van der Waals surface area contributed by atoms with E-state index in [0.717, 1.165) is 33.6 Å². The molecule has 2 aliphatic carbocycles. The summed E-state index contributed by atoms with van der Waals surface area (Å²) in [4.78, 5) is 1.92. The molecule has 0 atom stereocenters. The second-order valence-corrected chi connectivity index (χ2v) is 15.5. The van der Waals surface area contributed by atoms with Gasteiger partial charge < -0.3 is 20.2 Å². The lowest BCUT2D eigenvalue weighted by atomic mass is 9.70. The lowest BCUT2D eigenvalue weighted by molar-refractivity contribution is 0.419. The summed E-state index contributed by atoms with van der Waals surface area (Å²) in [6.45, 7) is 7.64. The zero-order chi connectivity index (χ0) is 39.2. The third kappa shape index (κ3) is 4.87. The van der Waals surface area contributed by atoms with Crippen molar-refractivity contribution in [1.29, 1.82) is 0 Å². The molecule has 2 aliphatic rings. The molecule has 0 amide bonds. The van der Waals surface area contributed by atoms with Gasteiger partial charge in [-0.05, 0) is 136 Å². The van der Waals surface area contributed by atoms with Crippen molar-refractivity contribution in [3.8, 4) is 61.8 Å². The van der Waals surface area contributed by atoms with Gasteiger partial charge in [-0.15, -0.1) is 0 Å². The molecular weight excluding hydrogens is 699 g/mol. The summed E-state index contributed by atoms with van der Waals surface area (Å²) in [5.41, 5.74) is 18.3. The van der Waals surface area contributed by atoms with Crippen molar-refractivity contribution in [3.05, 3.63) is 202 Å². The zero-order valence-corrected chi connectivity index (χ0v) is 32.3. The molecule has 0 aromatic heterocycles. The van der Waals surface area contributed by atoms with Gasteiger partial charge in [0.05, 0.1) is 5.41 Å². The van der Waals surface area contributed by atoms with Crippen LogP contribution in [0.15, 0.2) is 158 Å². The molecule has 0 heterocycles. The Morgan fingerprint density at radius 3 is 1.39 bits per heavy atom. The average molecular weight is 740 g/mol. The molecule has 276 valence electrons. The van der Waals surface area contributed by atoms with Crippen molar-refractivity contribution < 1.29 is 15.3 Å². The topological polar surface area (TPSA) is 63.9 Å². The van der Waals surface area contributed by atoms with Crippen LogP contribution in [0, 0.1) is 27.7 Å². The van der Waals surface area contributed by atoms with Crippen molar-refractivity contribution in [2.75, 3.05) is 4.90 Å². The van der Waals surface area contributed by atoms with Crippen LogP contribution >= 0.6 is 0 Å². The van der Waals surface area contributed by atoms with Crippen molar-refractivity contribution >= 4 is 17.1 Å². The van der Waals surface area contributed by atoms with Crippen molar-refractivity contribution in [2.24, 2.45) is 0 Å². The summed E-state index contributed by atoms with van der Waals surface area (Å²) in [7, 11) is 0. The minimum Gasteiger partial charge on any atom is -0.507 e. The predicted molar refractivity (Wildman–Crippen MR) is 232 cm³/mol. The number of fused-ring (bicyclic) bond motifs is 10. The van der Waals surface area contributed by atoms with Crippen LogP contribution in [0.5, 0.6) is 17.2 Å². The third-order valence-electron chi connectivity index (χ3n) is 12.5. The molecule has 3 N–H and O–H groups in total. The number of phenolic OH excluding ortho intramolecular Hbond substituents is 3. The van der Waals surface area contributed by atoms with Gasteiger partial charge in [-0.1, -0.05) is 127 Å². The molecular formula is C53H41NO3. The van der Waals surface area contributed by atoms with E-state index in [-0.39, 0.29) is 22.9 Å². The fourth-order valence-corrected chi connectivity index (χ4v) is 9.58. The van der Waals surface area contributed by atoms with Gasteiger partial charge in [-0.2, -0.15) is 0 Å². The minimum atomic E-state index is -0.574. The SMILES string of the molecule is Cc1ccccc1-c1cc(-c2ccc(N(c3ccc4c(c3)C3(c5ccccc5-c5ccccc53)c3ccccc3-4)c3c(O)c(C)c(O)c(C)c3O)cc2)ccc1C. The molecule has 57 heavy (non-hydrogen) atoms. The number of anilines is 3. The van der Waals surface area contributed by atoms with E-state index in [0.29, 0.717) is 11.1 Å². The molecule has 0 radical (unpaired) electrons. The zero-order valence-electron chi connectivity index (χ0n) is 32.3. The van der Waals surface area contributed by atoms with Gasteiger partial charge in [0, 0.05) is 22.5 Å². The van der Waals surface area contributed by atoms with Crippen molar-refractivity contribution in [3.63, 3.8) is 0 Å². The fourth-order valence-electron chi connectivity index (χ4n) is 9.58. The van der Waals surface area contributed by atoms with Gasteiger partial charge >= 0.3 is 0 Å². The van der Waals surface area contributed by atoms with Gasteiger partial charge in [0.15, 0.2) is 0 Å². The minimum absolute atomic E-state index is 0.129. The maximum Gasteiger partial charge on any atom is 0.150 e.